The predicted molar refractivity (Wildman–Crippen MR) is 77.8 cm³/mol. The zero-order chi connectivity index (χ0) is 13.5. The summed E-state index contributed by atoms with van der Waals surface area (Å²) in [6.07, 6.45) is 4.61. The van der Waals surface area contributed by atoms with Crippen molar-refractivity contribution in [2.24, 2.45) is 11.8 Å². The highest BCUT2D eigenvalue weighted by atomic mass is 16.3. The van der Waals surface area contributed by atoms with E-state index in [2.05, 4.69) is 43.1 Å². The molecule has 100 valence electrons. The van der Waals surface area contributed by atoms with E-state index in [0.717, 1.165) is 35.7 Å². The van der Waals surface area contributed by atoms with Gasteiger partial charge in [0.05, 0.1) is 11.1 Å². The largest absolute Gasteiger partial charge is 0.385 e. The van der Waals surface area contributed by atoms with Gasteiger partial charge in [-0.15, -0.1) is 0 Å². The summed E-state index contributed by atoms with van der Waals surface area (Å²) in [4.78, 5) is 4.39. The maximum absolute atomic E-state index is 11.0. The van der Waals surface area contributed by atoms with Crippen LogP contribution in [0.3, 0.4) is 0 Å². The van der Waals surface area contributed by atoms with Crippen LogP contribution in [0, 0.1) is 11.8 Å². The molecule has 1 fully saturated rings. The maximum Gasteiger partial charge on any atom is 0.0900 e. The fraction of sp³-hybridized carbons (Fsp3) is 0.471. The maximum atomic E-state index is 11.0. The lowest BCUT2D eigenvalue weighted by molar-refractivity contribution is -0.0335. The fourth-order valence-electron chi connectivity index (χ4n) is 3.20. The molecule has 1 heterocycles. The van der Waals surface area contributed by atoms with Crippen molar-refractivity contribution in [1.29, 1.82) is 0 Å². The summed E-state index contributed by atoms with van der Waals surface area (Å²) < 4.78 is 0. The first-order chi connectivity index (χ1) is 9.08. The summed E-state index contributed by atoms with van der Waals surface area (Å²) in [7, 11) is 0. The van der Waals surface area contributed by atoms with Crippen LogP contribution < -0.4 is 0 Å². The Morgan fingerprint density at radius 1 is 1.21 bits per heavy atom. The number of benzene rings is 1. The first kappa shape index (κ1) is 12.6. The van der Waals surface area contributed by atoms with E-state index in [1.807, 2.05) is 12.3 Å². The third kappa shape index (κ3) is 2.25. The van der Waals surface area contributed by atoms with Crippen LogP contribution in [0.2, 0.25) is 0 Å². The van der Waals surface area contributed by atoms with E-state index >= 15 is 0 Å². The van der Waals surface area contributed by atoms with Crippen LogP contribution in [0.4, 0.5) is 0 Å². The molecule has 1 N–H and O–H groups in total. The number of aliphatic hydroxyl groups is 1. The molecule has 0 bridgehead atoms. The van der Waals surface area contributed by atoms with Gasteiger partial charge >= 0.3 is 0 Å². The fourth-order valence-corrected chi connectivity index (χ4v) is 3.20. The van der Waals surface area contributed by atoms with Gasteiger partial charge in [0.1, 0.15) is 0 Å². The molecule has 0 radical (unpaired) electrons. The van der Waals surface area contributed by atoms with Gasteiger partial charge in [-0.2, -0.15) is 0 Å². The Morgan fingerprint density at radius 3 is 2.84 bits per heavy atom. The Labute approximate surface area is 114 Å². The van der Waals surface area contributed by atoms with Gasteiger partial charge in [0.2, 0.25) is 0 Å². The molecule has 0 spiro atoms. The summed E-state index contributed by atoms with van der Waals surface area (Å²) in [5.41, 5.74) is 1.33. The Hall–Kier alpha value is -1.41. The average Bonchev–Trinajstić information content (AvgIpc) is 2.43. The van der Waals surface area contributed by atoms with E-state index in [-0.39, 0.29) is 0 Å². The summed E-state index contributed by atoms with van der Waals surface area (Å²) in [6, 6.07) is 10.2. The molecule has 1 saturated carbocycles. The van der Waals surface area contributed by atoms with Crippen LogP contribution in [0.5, 0.6) is 0 Å². The Morgan fingerprint density at radius 2 is 2.05 bits per heavy atom. The first-order valence-electron chi connectivity index (χ1n) is 7.16. The lowest BCUT2D eigenvalue weighted by atomic mass is 9.70. The van der Waals surface area contributed by atoms with Crippen LogP contribution in [0.15, 0.2) is 36.5 Å². The van der Waals surface area contributed by atoms with Gasteiger partial charge in [0, 0.05) is 11.6 Å². The van der Waals surface area contributed by atoms with Gasteiger partial charge in [-0.3, -0.25) is 4.98 Å². The number of hydrogen-bond donors (Lipinski definition) is 1. The van der Waals surface area contributed by atoms with Gasteiger partial charge in [0.25, 0.3) is 0 Å². The topological polar surface area (TPSA) is 33.1 Å². The van der Waals surface area contributed by atoms with Crippen LogP contribution in [0.1, 0.15) is 38.7 Å². The number of rotatable bonds is 1. The third-order valence-electron chi connectivity index (χ3n) is 4.79. The van der Waals surface area contributed by atoms with E-state index in [0.29, 0.717) is 11.8 Å². The number of nitrogens with zero attached hydrogens (tertiary/aromatic N) is 1. The molecular weight excluding hydrogens is 234 g/mol. The second-order valence-corrected chi connectivity index (χ2v) is 6.14. The van der Waals surface area contributed by atoms with Crippen LogP contribution in [-0.2, 0) is 5.60 Å². The lowest BCUT2D eigenvalue weighted by Crippen LogP contribution is -2.35. The molecule has 1 aliphatic carbocycles. The van der Waals surface area contributed by atoms with Crippen LogP contribution in [0.25, 0.3) is 10.9 Å². The molecule has 1 aliphatic rings. The minimum atomic E-state index is -0.669. The quantitative estimate of drug-likeness (QED) is 0.839. The number of pyridine rings is 1. The SMILES string of the molecule is CC1CCC(O)(c2ccc3cccnc3c2)CC1C. The highest BCUT2D eigenvalue weighted by Gasteiger charge is 2.37. The normalized spacial score (nSPS) is 31.5. The number of hydrogen-bond acceptors (Lipinski definition) is 2. The molecule has 2 heteroatoms. The van der Waals surface area contributed by atoms with Crippen molar-refractivity contribution in [2.75, 3.05) is 0 Å². The second-order valence-electron chi connectivity index (χ2n) is 6.14. The van der Waals surface area contributed by atoms with Crippen LogP contribution >= 0.6 is 0 Å². The van der Waals surface area contributed by atoms with Crippen molar-refractivity contribution in [1.82, 2.24) is 4.98 Å². The molecular formula is C17H21NO. The van der Waals surface area contributed by atoms with Gasteiger partial charge in [-0.25, -0.2) is 0 Å². The van der Waals surface area contributed by atoms with Crippen molar-refractivity contribution in [3.63, 3.8) is 0 Å². The monoisotopic (exact) mass is 255 g/mol. The highest BCUT2D eigenvalue weighted by molar-refractivity contribution is 5.79. The Bertz CT molecular complexity index is 595. The minimum absolute atomic E-state index is 0.568. The molecule has 19 heavy (non-hydrogen) atoms. The van der Waals surface area contributed by atoms with E-state index in [1.54, 1.807) is 0 Å². The standard InChI is InChI=1S/C17H21NO/c1-12-7-8-17(19,11-13(12)2)15-6-5-14-4-3-9-18-16(14)10-15/h3-6,9-10,12-13,19H,7-8,11H2,1-2H3. The number of aromatic nitrogens is 1. The zero-order valence-corrected chi connectivity index (χ0v) is 11.6. The van der Waals surface area contributed by atoms with E-state index in [4.69, 9.17) is 0 Å². The summed E-state index contributed by atoms with van der Waals surface area (Å²) in [5.74, 6) is 1.28. The summed E-state index contributed by atoms with van der Waals surface area (Å²) in [5, 5.41) is 12.1. The highest BCUT2D eigenvalue weighted by Crippen LogP contribution is 2.42. The van der Waals surface area contributed by atoms with Crippen LogP contribution in [-0.4, -0.2) is 10.1 Å². The smallest absolute Gasteiger partial charge is 0.0900 e. The lowest BCUT2D eigenvalue weighted by Gasteiger charge is -2.39. The van der Waals surface area contributed by atoms with Crippen molar-refractivity contribution in [3.05, 3.63) is 42.1 Å². The minimum Gasteiger partial charge on any atom is -0.385 e. The molecule has 2 nitrogen and oxygen atoms in total. The van der Waals surface area contributed by atoms with Crippen molar-refractivity contribution < 1.29 is 5.11 Å². The molecule has 0 amide bonds. The van der Waals surface area contributed by atoms with Gasteiger partial charge in [-0.05, 0) is 48.8 Å². The molecule has 2 aromatic rings. The molecule has 3 rings (SSSR count). The first-order valence-corrected chi connectivity index (χ1v) is 7.16. The Kier molecular flexibility index (Phi) is 3.06. The van der Waals surface area contributed by atoms with Gasteiger partial charge in [0.15, 0.2) is 0 Å². The average molecular weight is 255 g/mol. The molecule has 3 atom stereocenters. The van der Waals surface area contributed by atoms with Gasteiger partial charge in [-0.1, -0.05) is 32.0 Å². The van der Waals surface area contributed by atoms with Gasteiger partial charge < -0.3 is 5.11 Å². The molecule has 0 aliphatic heterocycles. The molecule has 1 aromatic heterocycles. The molecule has 1 aromatic carbocycles. The van der Waals surface area contributed by atoms with E-state index in [1.165, 1.54) is 0 Å². The summed E-state index contributed by atoms with van der Waals surface area (Å²) >= 11 is 0. The molecule has 0 saturated heterocycles. The summed E-state index contributed by atoms with van der Waals surface area (Å²) in [6.45, 7) is 4.53. The second kappa shape index (κ2) is 4.61. The third-order valence-corrected chi connectivity index (χ3v) is 4.79. The predicted octanol–water partition coefficient (Wildman–Crippen LogP) is 3.88. The van der Waals surface area contributed by atoms with Crippen molar-refractivity contribution >= 4 is 10.9 Å². The van der Waals surface area contributed by atoms with E-state index < -0.39 is 5.60 Å². The van der Waals surface area contributed by atoms with Crippen molar-refractivity contribution in [2.45, 2.75) is 38.7 Å². The number of fused-ring (bicyclic) bond motifs is 1. The van der Waals surface area contributed by atoms with E-state index in [9.17, 15) is 5.11 Å². The zero-order valence-electron chi connectivity index (χ0n) is 11.6. The Balaban J connectivity index is 1.99. The molecule has 3 unspecified atom stereocenters. The van der Waals surface area contributed by atoms with Crippen molar-refractivity contribution in [3.8, 4) is 0 Å².